The Kier molecular flexibility index (Phi) is 7.89. The van der Waals surface area contributed by atoms with Crippen molar-refractivity contribution in [2.75, 3.05) is 16.6 Å². The second-order valence-electron chi connectivity index (χ2n) is 7.01. The number of hydrogen-bond donors (Lipinski definition) is 3. The third-order valence-corrected chi connectivity index (χ3v) is 6.97. The minimum atomic E-state index is -3.86. The Morgan fingerprint density at radius 3 is 2.44 bits per heavy atom. The molecule has 0 aliphatic heterocycles. The second kappa shape index (κ2) is 10.6. The van der Waals surface area contributed by atoms with E-state index in [0.29, 0.717) is 40.5 Å². The molecule has 3 aromatic rings. The van der Waals surface area contributed by atoms with E-state index in [2.05, 4.69) is 15.4 Å². The fourth-order valence-electron chi connectivity index (χ4n) is 2.87. The summed E-state index contributed by atoms with van der Waals surface area (Å²) in [6.45, 7) is 2.04. The number of halogens is 1. The monoisotopic (exact) mass is 491 g/mol. The van der Waals surface area contributed by atoms with Crippen molar-refractivity contribution in [1.29, 1.82) is 0 Å². The summed E-state index contributed by atoms with van der Waals surface area (Å²) in [5, 5.41) is 9.55. The van der Waals surface area contributed by atoms with E-state index in [1.165, 1.54) is 17.4 Å². The first-order valence-electron chi connectivity index (χ1n) is 9.74. The summed E-state index contributed by atoms with van der Waals surface area (Å²) in [6.07, 6.45) is 0.639. The van der Waals surface area contributed by atoms with Crippen LogP contribution >= 0.6 is 22.9 Å². The van der Waals surface area contributed by atoms with Crippen molar-refractivity contribution in [2.45, 2.75) is 24.7 Å². The number of thiophene rings is 1. The van der Waals surface area contributed by atoms with Crippen LogP contribution in [0.5, 0.6) is 0 Å². The van der Waals surface area contributed by atoms with Gasteiger partial charge in [0.15, 0.2) is 0 Å². The molecule has 1 aromatic heterocycles. The summed E-state index contributed by atoms with van der Waals surface area (Å²) in [6, 6.07) is 12.7. The molecule has 2 amide bonds. The molecular weight excluding hydrogens is 470 g/mol. The molecule has 3 rings (SSSR count). The molecule has 10 heteroatoms. The molecule has 0 radical (unpaired) electrons. The van der Waals surface area contributed by atoms with Crippen LogP contribution in [-0.4, -0.2) is 26.8 Å². The molecule has 32 heavy (non-hydrogen) atoms. The lowest BCUT2D eigenvalue weighted by Gasteiger charge is -2.13. The zero-order valence-electron chi connectivity index (χ0n) is 17.2. The largest absolute Gasteiger partial charge is 0.352 e. The molecule has 7 nitrogen and oxygen atoms in total. The smallest absolute Gasteiger partial charge is 0.262 e. The van der Waals surface area contributed by atoms with Crippen LogP contribution in [0.15, 0.2) is 64.2 Å². The molecule has 0 bridgehead atoms. The van der Waals surface area contributed by atoms with E-state index < -0.39 is 10.0 Å². The summed E-state index contributed by atoms with van der Waals surface area (Å²) in [7, 11) is -3.86. The fourth-order valence-corrected chi connectivity index (χ4v) is 4.96. The highest BCUT2D eigenvalue weighted by Crippen LogP contribution is 2.24. The van der Waals surface area contributed by atoms with E-state index in [4.69, 9.17) is 11.6 Å². The van der Waals surface area contributed by atoms with Gasteiger partial charge in [-0.25, -0.2) is 8.42 Å². The van der Waals surface area contributed by atoms with Gasteiger partial charge in [0.2, 0.25) is 5.91 Å². The number of sulfonamides is 1. The maximum absolute atomic E-state index is 12.8. The molecule has 0 aliphatic carbocycles. The van der Waals surface area contributed by atoms with Crippen molar-refractivity contribution in [3.8, 4) is 0 Å². The highest BCUT2D eigenvalue weighted by molar-refractivity contribution is 7.92. The number of benzene rings is 2. The quantitative estimate of drug-likeness (QED) is 0.378. The Bertz CT molecular complexity index is 1190. The van der Waals surface area contributed by atoms with Crippen molar-refractivity contribution in [3.63, 3.8) is 0 Å². The lowest BCUT2D eigenvalue weighted by atomic mass is 10.2. The maximum Gasteiger partial charge on any atom is 0.262 e. The number of aryl methyl sites for hydroxylation is 1. The number of anilines is 2. The summed E-state index contributed by atoms with van der Waals surface area (Å²) in [5.41, 5.74) is 1.90. The van der Waals surface area contributed by atoms with Gasteiger partial charge in [-0.1, -0.05) is 17.7 Å². The fraction of sp³-hybridized carbons (Fsp3) is 0.182. The molecule has 0 aliphatic rings. The number of hydrogen-bond acceptors (Lipinski definition) is 5. The van der Waals surface area contributed by atoms with Gasteiger partial charge in [0.25, 0.3) is 15.9 Å². The van der Waals surface area contributed by atoms with E-state index in [1.54, 1.807) is 54.8 Å². The van der Waals surface area contributed by atoms with Crippen molar-refractivity contribution in [1.82, 2.24) is 5.32 Å². The molecule has 0 saturated heterocycles. The van der Waals surface area contributed by atoms with Crippen LogP contribution in [-0.2, 0) is 14.8 Å². The highest BCUT2D eigenvalue weighted by Gasteiger charge is 2.18. The highest BCUT2D eigenvalue weighted by atomic mass is 35.5. The van der Waals surface area contributed by atoms with E-state index in [1.807, 2.05) is 5.38 Å². The van der Waals surface area contributed by atoms with Crippen LogP contribution in [0.1, 0.15) is 28.8 Å². The molecule has 1 heterocycles. The molecule has 0 unspecified atom stereocenters. The topological polar surface area (TPSA) is 104 Å². The zero-order chi connectivity index (χ0) is 23.1. The standard InChI is InChI=1S/C22H22ClN3O4S2/c1-15-4-7-19(13-20(15)32(29,30)26-18-8-5-17(23)6-9-18)25-21(27)3-2-11-24-22(28)16-10-12-31-14-16/h4-10,12-14,26H,2-3,11H2,1H3,(H,24,28)(H,25,27). The van der Waals surface area contributed by atoms with Crippen molar-refractivity contribution >= 4 is 56.2 Å². The van der Waals surface area contributed by atoms with Crippen LogP contribution < -0.4 is 15.4 Å². The molecule has 3 N–H and O–H groups in total. The second-order valence-corrected chi connectivity index (χ2v) is 9.88. The number of carbonyl (C=O) groups is 2. The molecule has 2 aromatic carbocycles. The maximum atomic E-state index is 12.8. The number of carbonyl (C=O) groups excluding carboxylic acids is 2. The predicted octanol–water partition coefficient (Wildman–Crippen LogP) is 4.66. The van der Waals surface area contributed by atoms with Crippen LogP contribution in [0.2, 0.25) is 5.02 Å². The Morgan fingerprint density at radius 2 is 1.75 bits per heavy atom. The van der Waals surface area contributed by atoms with Gasteiger partial charge in [0, 0.05) is 40.3 Å². The Labute approximate surface area is 195 Å². The first kappa shape index (κ1) is 23.8. The van der Waals surface area contributed by atoms with Gasteiger partial charge >= 0.3 is 0 Å². The minimum absolute atomic E-state index is 0.0632. The summed E-state index contributed by atoms with van der Waals surface area (Å²) >= 11 is 7.28. The van der Waals surface area contributed by atoms with Crippen LogP contribution in [0.3, 0.4) is 0 Å². The average Bonchev–Trinajstić information content (AvgIpc) is 3.29. The number of rotatable bonds is 9. The normalized spacial score (nSPS) is 11.1. The Balaban J connectivity index is 1.56. The van der Waals surface area contributed by atoms with Crippen LogP contribution in [0.25, 0.3) is 0 Å². The number of amides is 2. The first-order valence-corrected chi connectivity index (χ1v) is 12.5. The molecule has 0 atom stereocenters. The van der Waals surface area contributed by atoms with E-state index in [-0.39, 0.29) is 23.1 Å². The zero-order valence-corrected chi connectivity index (χ0v) is 19.6. The van der Waals surface area contributed by atoms with Crippen molar-refractivity contribution in [3.05, 3.63) is 75.4 Å². The lowest BCUT2D eigenvalue weighted by Crippen LogP contribution is -2.25. The van der Waals surface area contributed by atoms with Gasteiger partial charge in [-0.3, -0.25) is 14.3 Å². The van der Waals surface area contributed by atoms with Crippen LogP contribution in [0.4, 0.5) is 11.4 Å². The third kappa shape index (κ3) is 6.56. The van der Waals surface area contributed by atoms with Gasteiger partial charge < -0.3 is 10.6 Å². The van der Waals surface area contributed by atoms with Crippen molar-refractivity contribution in [2.24, 2.45) is 0 Å². The van der Waals surface area contributed by atoms with Gasteiger partial charge in [-0.2, -0.15) is 11.3 Å². The van der Waals surface area contributed by atoms with E-state index in [0.717, 1.165) is 0 Å². The van der Waals surface area contributed by atoms with Gasteiger partial charge in [-0.05, 0) is 66.8 Å². The SMILES string of the molecule is Cc1ccc(NC(=O)CCCNC(=O)c2ccsc2)cc1S(=O)(=O)Nc1ccc(Cl)cc1. The van der Waals surface area contributed by atoms with E-state index in [9.17, 15) is 18.0 Å². The lowest BCUT2D eigenvalue weighted by molar-refractivity contribution is -0.116. The van der Waals surface area contributed by atoms with Gasteiger partial charge in [0.1, 0.15) is 0 Å². The summed E-state index contributed by atoms with van der Waals surface area (Å²) in [5.74, 6) is -0.444. The van der Waals surface area contributed by atoms with Gasteiger partial charge in [-0.15, -0.1) is 0 Å². The third-order valence-electron chi connectivity index (χ3n) is 4.51. The minimum Gasteiger partial charge on any atom is -0.352 e. The average molecular weight is 492 g/mol. The Hall–Kier alpha value is -2.88. The molecule has 168 valence electrons. The van der Waals surface area contributed by atoms with Crippen molar-refractivity contribution < 1.29 is 18.0 Å². The molecule has 0 saturated carbocycles. The summed E-state index contributed by atoms with van der Waals surface area (Å²) in [4.78, 5) is 24.2. The summed E-state index contributed by atoms with van der Waals surface area (Å²) < 4.78 is 28.2. The predicted molar refractivity (Wildman–Crippen MR) is 128 cm³/mol. The Morgan fingerprint density at radius 1 is 1.03 bits per heavy atom. The number of nitrogens with one attached hydrogen (secondary N) is 3. The molecule has 0 spiro atoms. The van der Waals surface area contributed by atoms with Gasteiger partial charge in [0.05, 0.1) is 4.90 Å². The van der Waals surface area contributed by atoms with E-state index >= 15 is 0 Å². The first-order chi connectivity index (χ1) is 15.2. The molecule has 0 fully saturated rings. The van der Waals surface area contributed by atoms with Crippen LogP contribution in [0, 0.1) is 6.92 Å². The molecular formula is C22H22ClN3O4S2.